The summed E-state index contributed by atoms with van der Waals surface area (Å²) in [5.74, 6) is 1.67. The zero-order valence-corrected chi connectivity index (χ0v) is 11.7. The highest BCUT2D eigenvalue weighted by Crippen LogP contribution is 2.39. The van der Waals surface area contributed by atoms with E-state index in [2.05, 4.69) is 54.6 Å². The molecule has 1 aliphatic rings. The van der Waals surface area contributed by atoms with Crippen molar-refractivity contribution < 1.29 is 0 Å². The van der Waals surface area contributed by atoms with Gasteiger partial charge in [-0.05, 0) is 46.0 Å². The molecule has 4 rings (SSSR count). The average Bonchev–Trinajstić information content (AvgIpc) is 2.53. The van der Waals surface area contributed by atoms with Crippen molar-refractivity contribution in [3.63, 3.8) is 0 Å². The van der Waals surface area contributed by atoms with E-state index in [-0.39, 0.29) is 0 Å². The second-order valence-electron chi connectivity index (χ2n) is 5.86. The van der Waals surface area contributed by atoms with Crippen LogP contribution in [0.25, 0.3) is 21.5 Å². The normalized spacial score (nSPS) is 16.8. The third-order valence-corrected chi connectivity index (χ3v) is 4.58. The van der Waals surface area contributed by atoms with Crippen molar-refractivity contribution in [3.05, 3.63) is 66.1 Å². The molecular formula is C20H19. The lowest BCUT2D eigenvalue weighted by atomic mass is 9.80. The molecule has 0 spiro atoms. The van der Waals surface area contributed by atoms with Crippen LogP contribution in [-0.4, -0.2) is 0 Å². The van der Waals surface area contributed by atoms with Gasteiger partial charge in [0.15, 0.2) is 0 Å². The Labute approximate surface area is 120 Å². The fourth-order valence-electron chi connectivity index (χ4n) is 3.62. The van der Waals surface area contributed by atoms with Crippen LogP contribution in [0.15, 0.2) is 54.6 Å². The van der Waals surface area contributed by atoms with E-state index >= 15 is 0 Å². The molecule has 1 aliphatic carbocycles. The molecule has 0 aromatic heterocycles. The first kappa shape index (κ1) is 12.0. The molecule has 3 aromatic carbocycles. The Morgan fingerprint density at radius 1 is 0.600 bits per heavy atom. The number of rotatable bonds is 1. The van der Waals surface area contributed by atoms with Gasteiger partial charge in [0.1, 0.15) is 0 Å². The molecule has 0 nitrogen and oxygen atoms in total. The second kappa shape index (κ2) is 4.94. The van der Waals surface area contributed by atoms with Gasteiger partial charge in [-0.15, -0.1) is 0 Å². The number of hydrogen-bond acceptors (Lipinski definition) is 0. The second-order valence-corrected chi connectivity index (χ2v) is 5.86. The molecule has 1 saturated carbocycles. The topological polar surface area (TPSA) is 0 Å². The molecule has 0 bridgehead atoms. The SMILES string of the molecule is c1ccc2c([C]3CCCCC3)c3ccccc3cc2c1. The number of fused-ring (bicyclic) bond motifs is 2. The first-order valence-electron chi connectivity index (χ1n) is 7.69. The van der Waals surface area contributed by atoms with Crippen molar-refractivity contribution in [1.29, 1.82) is 0 Å². The van der Waals surface area contributed by atoms with Crippen LogP contribution in [0.3, 0.4) is 0 Å². The summed E-state index contributed by atoms with van der Waals surface area (Å²) >= 11 is 0. The van der Waals surface area contributed by atoms with Crippen molar-refractivity contribution in [3.8, 4) is 0 Å². The molecule has 0 unspecified atom stereocenters. The molecule has 0 N–H and O–H groups in total. The summed E-state index contributed by atoms with van der Waals surface area (Å²) in [4.78, 5) is 0. The Morgan fingerprint density at radius 3 is 1.75 bits per heavy atom. The summed E-state index contributed by atoms with van der Waals surface area (Å²) in [5, 5.41) is 5.62. The van der Waals surface area contributed by atoms with Gasteiger partial charge < -0.3 is 0 Å². The summed E-state index contributed by atoms with van der Waals surface area (Å²) in [6.07, 6.45) is 6.65. The molecule has 0 saturated heterocycles. The lowest BCUT2D eigenvalue weighted by Gasteiger charge is -2.24. The Balaban J connectivity index is 2.06. The van der Waals surface area contributed by atoms with Gasteiger partial charge in [-0.3, -0.25) is 0 Å². The van der Waals surface area contributed by atoms with Crippen LogP contribution in [0.2, 0.25) is 0 Å². The minimum Gasteiger partial charge on any atom is -0.0616 e. The molecular weight excluding hydrogens is 240 g/mol. The molecule has 1 fully saturated rings. The predicted molar refractivity (Wildman–Crippen MR) is 86.9 cm³/mol. The highest BCUT2D eigenvalue weighted by Gasteiger charge is 2.20. The standard InChI is InChI=1S/C20H19/c1-2-8-15(9-3-1)20-18-12-6-4-10-16(18)14-17-11-5-7-13-19(17)20/h4-7,10-14H,1-3,8-9H2. The lowest BCUT2D eigenvalue weighted by molar-refractivity contribution is 0.553. The van der Waals surface area contributed by atoms with Gasteiger partial charge >= 0.3 is 0 Å². The molecule has 1 radical (unpaired) electrons. The van der Waals surface area contributed by atoms with Crippen molar-refractivity contribution >= 4 is 21.5 Å². The number of hydrogen-bond donors (Lipinski definition) is 0. The van der Waals surface area contributed by atoms with Gasteiger partial charge in [-0.1, -0.05) is 67.8 Å². The molecule has 3 aromatic rings. The molecule has 0 amide bonds. The van der Waals surface area contributed by atoms with Crippen LogP contribution >= 0.6 is 0 Å². The Bertz CT molecular complexity index is 694. The van der Waals surface area contributed by atoms with Crippen LogP contribution in [0, 0.1) is 5.92 Å². The number of benzene rings is 3. The maximum absolute atomic E-state index is 2.33. The largest absolute Gasteiger partial charge is 0.0616 e. The highest BCUT2D eigenvalue weighted by molar-refractivity contribution is 6.04. The fourth-order valence-corrected chi connectivity index (χ4v) is 3.62. The van der Waals surface area contributed by atoms with E-state index in [1.54, 1.807) is 5.92 Å². The zero-order chi connectivity index (χ0) is 13.4. The van der Waals surface area contributed by atoms with Gasteiger partial charge in [-0.2, -0.15) is 0 Å². The summed E-state index contributed by atoms with van der Waals surface area (Å²) in [6, 6.07) is 20.0. The summed E-state index contributed by atoms with van der Waals surface area (Å²) in [5.41, 5.74) is 1.53. The average molecular weight is 259 g/mol. The van der Waals surface area contributed by atoms with Crippen LogP contribution in [-0.2, 0) is 0 Å². The zero-order valence-electron chi connectivity index (χ0n) is 11.7. The first-order valence-corrected chi connectivity index (χ1v) is 7.69. The Hall–Kier alpha value is -1.82. The van der Waals surface area contributed by atoms with Gasteiger partial charge in [0, 0.05) is 5.92 Å². The molecule has 0 aliphatic heterocycles. The third-order valence-electron chi connectivity index (χ3n) is 4.58. The van der Waals surface area contributed by atoms with E-state index in [1.165, 1.54) is 59.2 Å². The molecule has 0 heteroatoms. The quantitative estimate of drug-likeness (QED) is 0.479. The highest BCUT2D eigenvalue weighted by atomic mass is 14.2. The predicted octanol–water partition coefficient (Wildman–Crippen LogP) is 5.88. The minimum absolute atomic E-state index is 1.28. The monoisotopic (exact) mass is 259 g/mol. The lowest BCUT2D eigenvalue weighted by Crippen LogP contribution is -2.06. The van der Waals surface area contributed by atoms with E-state index in [0.29, 0.717) is 0 Å². The van der Waals surface area contributed by atoms with Crippen LogP contribution in [0.4, 0.5) is 0 Å². The Kier molecular flexibility index (Phi) is 2.95. The van der Waals surface area contributed by atoms with Gasteiger partial charge in [-0.25, -0.2) is 0 Å². The van der Waals surface area contributed by atoms with E-state index in [0.717, 1.165) is 0 Å². The molecule has 99 valence electrons. The smallest absolute Gasteiger partial charge is 0.00625 e. The maximum atomic E-state index is 2.33. The molecule has 20 heavy (non-hydrogen) atoms. The van der Waals surface area contributed by atoms with Crippen molar-refractivity contribution in [2.24, 2.45) is 0 Å². The summed E-state index contributed by atoms with van der Waals surface area (Å²) < 4.78 is 0. The van der Waals surface area contributed by atoms with Gasteiger partial charge in [0.05, 0.1) is 0 Å². The van der Waals surface area contributed by atoms with Crippen LogP contribution in [0.1, 0.15) is 37.7 Å². The summed E-state index contributed by atoms with van der Waals surface area (Å²) in [6.45, 7) is 0. The van der Waals surface area contributed by atoms with E-state index in [9.17, 15) is 0 Å². The van der Waals surface area contributed by atoms with Crippen molar-refractivity contribution in [2.75, 3.05) is 0 Å². The fraction of sp³-hybridized carbons (Fsp3) is 0.250. The van der Waals surface area contributed by atoms with Crippen molar-refractivity contribution in [2.45, 2.75) is 32.1 Å². The Morgan fingerprint density at radius 2 is 1.15 bits per heavy atom. The first-order chi connectivity index (χ1) is 9.93. The molecule has 0 heterocycles. The van der Waals surface area contributed by atoms with E-state index in [4.69, 9.17) is 0 Å². The maximum Gasteiger partial charge on any atom is 0.00625 e. The van der Waals surface area contributed by atoms with Gasteiger partial charge in [0.25, 0.3) is 0 Å². The summed E-state index contributed by atoms with van der Waals surface area (Å²) in [7, 11) is 0. The van der Waals surface area contributed by atoms with E-state index in [1.807, 2.05) is 0 Å². The van der Waals surface area contributed by atoms with Gasteiger partial charge in [0.2, 0.25) is 0 Å². The van der Waals surface area contributed by atoms with Crippen LogP contribution in [0.5, 0.6) is 0 Å². The van der Waals surface area contributed by atoms with Crippen LogP contribution < -0.4 is 0 Å². The van der Waals surface area contributed by atoms with Crippen molar-refractivity contribution in [1.82, 2.24) is 0 Å². The third kappa shape index (κ3) is 1.91. The van der Waals surface area contributed by atoms with E-state index < -0.39 is 0 Å². The minimum atomic E-state index is 1.28. The molecule has 0 atom stereocenters.